The van der Waals surface area contributed by atoms with Crippen molar-refractivity contribution in [2.75, 3.05) is 31.4 Å². The largest absolute Gasteiger partial charge is 0.382 e. The highest BCUT2D eigenvalue weighted by Gasteiger charge is 2.38. The van der Waals surface area contributed by atoms with E-state index < -0.39 is 0 Å². The highest BCUT2D eigenvalue weighted by Crippen LogP contribution is 2.35. The average Bonchev–Trinajstić information content (AvgIpc) is 2.49. The molecular formula is C16H23NO2S. The molecule has 20 heavy (non-hydrogen) atoms. The molecule has 2 saturated heterocycles. The van der Waals surface area contributed by atoms with Gasteiger partial charge in [0.1, 0.15) is 0 Å². The van der Waals surface area contributed by atoms with Gasteiger partial charge in [0, 0.05) is 36.4 Å². The Kier molecular flexibility index (Phi) is 4.54. The van der Waals surface area contributed by atoms with Gasteiger partial charge in [-0.1, -0.05) is 0 Å². The molecule has 1 unspecified atom stereocenters. The Labute approximate surface area is 125 Å². The summed E-state index contributed by atoms with van der Waals surface area (Å²) in [6.07, 6.45) is 6.37. The zero-order valence-electron chi connectivity index (χ0n) is 12.1. The molecule has 1 spiro atoms. The number of hydrogen-bond donors (Lipinski definition) is 1. The SMILES string of the molecule is CSc1ccc(NC2CCOC3(CCOCC3)C2)cc1. The van der Waals surface area contributed by atoms with Crippen molar-refractivity contribution < 1.29 is 9.47 Å². The van der Waals surface area contributed by atoms with Crippen LogP contribution in [0.5, 0.6) is 0 Å². The van der Waals surface area contributed by atoms with Gasteiger partial charge in [0.15, 0.2) is 0 Å². The second-order valence-corrected chi connectivity index (χ2v) is 6.59. The third-order valence-electron chi connectivity index (χ3n) is 4.36. The maximum atomic E-state index is 6.09. The third kappa shape index (κ3) is 3.30. The van der Waals surface area contributed by atoms with E-state index in [9.17, 15) is 0 Å². The van der Waals surface area contributed by atoms with Gasteiger partial charge in [-0.15, -0.1) is 11.8 Å². The average molecular weight is 293 g/mol. The second kappa shape index (κ2) is 6.37. The number of rotatable bonds is 3. The predicted octanol–water partition coefficient (Wildman–Crippen LogP) is 3.55. The van der Waals surface area contributed by atoms with Gasteiger partial charge >= 0.3 is 0 Å². The van der Waals surface area contributed by atoms with Gasteiger partial charge in [0.25, 0.3) is 0 Å². The van der Waals surface area contributed by atoms with Crippen LogP contribution in [-0.2, 0) is 9.47 Å². The van der Waals surface area contributed by atoms with Crippen LogP contribution < -0.4 is 5.32 Å². The molecule has 0 radical (unpaired) electrons. The molecule has 0 aromatic heterocycles. The Morgan fingerprint density at radius 1 is 1.15 bits per heavy atom. The minimum Gasteiger partial charge on any atom is -0.382 e. The summed E-state index contributed by atoms with van der Waals surface area (Å²) in [5.41, 5.74) is 1.28. The van der Waals surface area contributed by atoms with Gasteiger partial charge < -0.3 is 14.8 Å². The van der Waals surface area contributed by atoms with E-state index in [2.05, 4.69) is 35.8 Å². The molecule has 2 fully saturated rings. The molecule has 3 nitrogen and oxygen atoms in total. The third-order valence-corrected chi connectivity index (χ3v) is 5.10. The number of benzene rings is 1. The van der Waals surface area contributed by atoms with Crippen molar-refractivity contribution >= 4 is 17.4 Å². The van der Waals surface area contributed by atoms with E-state index >= 15 is 0 Å². The van der Waals surface area contributed by atoms with Gasteiger partial charge in [-0.2, -0.15) is 0 Å². The van der Waals surface area contributed by atoms with Gasteiger partial charge in [0.2, 0.25) is 0 Å². The van der Waals surface area contributed by atoms with Gasteiger partial charge in [-0.25, -0.2) is 0 Å². The Balaban J connectivity index is 1.61. The zero-order chi connectivity index (χ0) is 13.8. The van der Waals surface area contributed by atoms with Crippen molar-refractivity contribution in [3.63, 3.8) is 0 Å². The van der Waals surface area contributed by atoms with Crippen LogP contribution in [0.15, 0.2) is 29.2 Å². The Hall–Kier alpha value is -0.710. The van der Waals surface area contributed by atoms with E-state index in [0.29, 0.717) is 6.04 Å². The fraction of sp³-hybridized carbons (Fsp3) is 0.625. The standard InChI is InChI=1S/C16H23NO2S/c1-20-15-4-2-13(3-5-15)17-14-6-9-19-16(12-14)7-10-18-11-8-16/h2-5,14,17H,6-12H2,1H3. The van der Waals surface area contributed by atoms with Crippen molar-refractivity contribution in [3.05, 3.63) is 24.3 Å². The molecule has 0 saturated carbocycles. The van der Waals surface area contributed by atoms with Crippen molar-refractivity contribution in [1.29, 1.82) is 0 Å². The molecular weight excluding hydrogens is 270 g/mol. The minimum absolute atomic E-state index is 0.0629. The number of thioether (sulfide) groups is 1. The minimum atomic E-state index is 0.0629. The summed E-state index contributed by atoms with van der Waals surface area (Å²) in [7, 11) is 0. The lowest BCUT2D eigenvalue weighted by Gasteiger charge is -2.43. The molecule has 1 atom stereocenters. The monoisotopic (exact) mass is 293 g/mol. The van der Waals surface area contributed by atoms with Crippen molar-refractivity contribution in [2.45, 2.75) is 42.2 Å². The van der Waals surface area contributed by atoms with Crippen molar-refractivity contribution in [3.8, 4) is 0 Å². The van der Waals surface area contributed by atoms with E-state index in [-0.39, 0.29) is 5.60 Å². The van der Waals surface area contributed by atoms with E-state index in [1.54, 1.807) is 11.8 Å². The fourth-order valence-corrected chi connectivity index (χ4v) is 3.57. The number of anilines is 1. The van der Waals surface area contributed by atoms with Crippen LogP contribution in [0.25, 0.3) is 0 Å². The molecule has 1 aromatic carbocycles. The molecule has 3 rings (SSSR count). The first-order chi connectivity index (χ1) is 9.80. The quantitative estimate of drug-likeness (QED) is 0.863. The lowest BCUT2D eigenvalue weighted by Crippen LogP contribution is -2.47. The molecule has 1 aromatic rings. The summed E-state index contributed by atoms with van der Waals surface area (Å²) in [4.78, 5) is 1.31. The Morgan fingerprint density at radius 2 is 1.90 bits per heavy atom. The van der Waals surface area contributed by atoms with Crippen LogP contribution in [0.4, 0.5) is 5.69 Å². The second-order valence-electron chi connectivity index (χ2n) is 5.71. The maximum absolute atomic E-state index is 6.09. The highest BCUT2D eigenvalue weighted by molar-refractivity contribution is 7.98. The highest BCUT2D eigenvalue weighted by atomic mass is 32.2. The van der Waals surface area contributed by atoms with E-state index in [1.165, 1.54) is 10.6 Å². The molecule has 2 aliphatic heterocycles. The zero-order valence-corrected chi connectivity index (χ0v) is 12.9. The molecule has 0 amide bonds. The first kappa shape index (κ1) is 14.2. The lowest BCUT2D eigenvalue weighted by atomic mass is 9.84. The molecule has 2 heterocycles. The number of hydrogen-bond acceptors (Lipinski definition) is 4. The topological polar surface area (TPSA) is 30.5 Å². The normalized spacial score (nSPS) is 25.6. The van der Waals surface area contributed by atoms with E-state index in [1.807, 2.05) is 0 Å². The molecule has 0 aliphatic carbocycles. The summed E-state index contributed by atoms with van der Waals surface area (Å²) >= 11 is 1.78. The van der Waals surface area contributed by atoms with Gasteiger partial charge in [-0.3, -0.25) is 0 Å². The number of ether oxygens (including phenoxy) is 2. The summed E-state index contributed by atoms with van der Waals surface area (Å²) in [6.45, 7) is 2.55. The predicted molar refractivity (Wildman–Crippen MR) is 83.6 cm³/mol. The maximum Gasteiger partial charge on any atom is 0.0745 e. The fourth-order valence-electron chi connectivity index (χ4n) is 3.17. The Bertz CT molecular complexity index is 423. The van der Waals surface area contributed by atoms with Crippen molar-refractivity contribution in [2.24, 2.45) is 0 Å². The van der Waals surface area contributed by atoms with Gasteiger partial charge in [0.05, 0.1) is 5.60 Å². The summed E-state index contributed by atoms with van der Waals surface area (Å²) in [6, 6.07) is 9.23. The molecule has 1 N–H and O–H groups in total. The summed E-state index contributed by atoms with van der Waals surface area (Å²) in [5, 5.41) is 3.67. The molecule has 0 bridgehead atoms. The van der Waals surface area contributed by atoms with Crippen molar-refractivity contribution in [1.82, 2.24) is 0 Å². The van der Waals surface area contributed by atoms with Crippen LogP contribution in [0.1, 0.15) is 25.7 Å². The van der Waals surface area contributed by atoms with Crippen LogP contribution in [0, 0.1) is 0 Å². The van der Waals surface area contributed by atoms with E-state index in [0.717, 1.165) is 45.5 Å². The first-order valence-electron chi connectivity index (χ1n) is 7.42. The molecule has 4 heteroatoms. The molecule has 110 valence electrons. The molecule has 2 aliphatic rings. The smallest absolute Gasteiger partial charge is 0.0745 e. The summed E-state index contributed by atoms with van der Waals surface area (Å²) in [5.74, 6) is 0. The Morgan fingerprint density at radius 3 is 2.60 bits per heavy atom. The van der Waals surface area contributed by atoms with Crippen LogP contribution in [-0.4, -0.2) is 37.7 Å². The van der Waals surface area contributed by atoms with Crippen LogP contribution in [0.3, 0.4) is 0 Å². The van der Waals surface area contributed by atoms with Gasteiger partial charge in [-0.05, 0) is 56.2 Å². The van der Waals surface area contributed by atoms with Crippen LogP contribution >= 0.6 is 11.8 Å². The van der Waals surface area contributed by atoms with E-state index in [4.69, 9.17) is 9.47 Å². The van der Waals surface area contributed by atoms with Crippen LogP contribution in [0.2, 0.25) is 0 Å². The number of nitrogens with one attached hydrogen (secondary N) is 1. The first-order valence-corrected chi connectivity index (χ1v) is 8.64. The summed E-state index contributed by atoms with van der Waals surface area (Å²) < 4.78 is 11.6. The lowest BCUT2D eigenvalue weighted by molar-refractivity contribution is -0.135.